The van der Waals surface area contributed by atoms with Gasteiger partial charge in [0.25, 0.3) is 5.91 Å². The number of hydrogen-bond donors (Lipinski definition) is 3. The molecule has 1 atom stereocenters. The molecule has 1 aliphatic rings. The fourth-order valence-electron chi connectivity index (χ4n) is 2.91. The molecule has 0 saturated heterocycles. The molecule has 5 heteroatoms. The molecule has 116 valence electrons. The largest absolute Gasteiger partial charge is 0.388 e. The number of aliphatic hydroxyl groups excluding tert-OH is 1. The minimum atomic E-state index is -0.138. The Bertz CT molecular complexity index is 718. The van der Waals surface area contributed by atoms with Crippen LogP contribution >= 0.6 is 0 Å². The van der Waals surface area contributed by atoms with Crippen LogP contribution in [0.3, 0.4) is 0 Å². The van der Waals surface area contributed by atoms with Gasteiger partial charge in [-0.05, 0) is 50.8 Å². The van der Waals surface area contributed by atoms with Gasteiger partial charge in [0.2, 0.25) is 0 Å². The summed E-state index contributed by atoms with van der Waals surface area (Å²) in [6, 6.07) is 5.41. The third kappa shape index (κ3) is 3.04. The van der Waals surface area contributed by atoms with Crippen LogP contribution in [-0.4, -0.2) is 27.0 Å². The van der Waals surface area contributed by atoms with E-state index in [1.165, 1.54) is 18.4 Å². The maximum Gasteiger partial charge on any atom is 0.251 e. The number of nitrogens with zero attached hydrogens (tertiary/aromatic N) is 1. The van der Waals surface area contributed by atoms with Crippen LogP contribution in [0.5, 0.6) is 0 Å². The molecule has 0 bridgehead atoms. The van der Waals surface area contributed by atoms with E-state index in [9.17, 15) is 4.79 Å². The average molecular weight is 299 g/mol. The van der Waals surface area contributed by atoms with Crippen LogP contribution in [-0.2, 0) is 6.61 Å². The minimum Gasteiger partial charge on any atom is -0.388 e. The van der Waals surface area contributed by atoms with Crippen molar-refractivity contribution in [3.05, 3.63) is 41.2 Å². The Morgan fingerprint density at radius 3 is 3.05 bits per heavy atom. The second-order valence-electron chi connectivity index (χ2n) is 5.79. The van der Waals surface area contributed by atoms with Gasteiger partial charge in [-0.3, -0.25) is 4.79 Å². The second-order valence-corrected chi connectivity index (χ2v) is 5.79. The molecule has 1 amide bonds. The first-order chi connectivity index (χ1) is 10.7. The lowest BCUT2D eigenvalue weighted by Gasteiger charge is -2.20. The first-order valence-corrected chi connectivity index (χ1v) is 7.76. The number of allylic oxidation sites excluding steroid dienone is 1. The first kappa shape index (κ1) is 14.8. The Balaban J connectivity index is 1.75. The number of aromatic amines is 1. The van der Waals surface area contributed by atoms with Crippen LogP contribution in [0.4, 0.5) is 0 Å². The minimum absolute atomic E-state index is 0.0678. The number of aromatic nitrogens is 2. The van der Waals surface area contributed by atoms with E-state index in [0.29, 0.717) is 11.4 Å². The van der Waals surface area contributed by atoms with E-state index in [1.54, 1.807) is 18.2 Å². The number of carbonyl (C=O) groups excluding carboxylic acids is 1. The monoisotopic (exact) mass is 299 g/mol. The van der Waals surface area contributed by atoms with Gasteiger partial charge in [0.15, 0.2) is 0 Å². The number of nitrogens with one attached hydrogen (secondary N) is 2. The summed E-state index contributed by atoms with van der Waals surface area (Å²) in [7, 11) is 0. The van der Waals surface area contributed by atoms with Gasteiger partial charge in [-0.15, -0.1) is 0 Å². The molecule has 0 spiro atoms. The molecule has 1 aliphatic carbocycles. The summed E-state index contributed by atoms with van der Waals surface area (Å²) < 4.78 is 0. The van der Waals surface area contributed by atoms with E-state index < -0.39 is 0 Å². The summed E-state index contributed by atoms with van der Waals surface area (Å²) in [6.07, 6.45) is 6.88. The molecule has 3 N–H and O–H groups in total. The van der Waals surface area contributed by atoms with Crippen LogP contribution in [0.1, 0.15) is 48.8 Å². The lowest BCUT2D eigenvalue weighted by molar-refractivity contribution is 0.0944. The molecule has 1 heterocycles. The molecule has 1 unspecified atom stereocenters. The number of H-pyrrole nitrogens is 1. The molecule has 0 saturated carbocycles. The Hall–Kier alpha value is -2.14. The molecule has 1 aromatic heterocycles. The smallest absolute Gasteiger partial charge is 0.251 e. The third-order valence-corrected chi connectivity index (χ3v) is 4.17. The second kappa shape index (κ2) is 6.32. The lowest BCUT2D eigenvalue weighted by Crippen LogP contribution is -2.34. The van der Waals surface area contributed by atoms with Crippen LogP contribution in [0.25, 0.3) is 11.0 Å². The fraction of sp³-hybridized carbons (Fsp3) is 0.412. The van der Waals surface area contributed by atoms with E-state index in [1.807, 2.05) is 6.92 Å². The lowest BCUT2D eigenvalue weighted by atomic mass is 9.94. The summed E-state index contributed by atoms with van der Waals surface area (Å²) in [5.74, 6) is 0.425. The topological polar surface area (TPSA) is 78.0 Å². The normalized spacial score (nSPS) is 16.4. The van der Waals surface area contributed by atoms with Crippen molar-refractivity contribution in [3.63, 3.8) is 0 Å². The maximum absolute atomic E-state index is 12.4. The summed E-state index contributed by atoms with van der Waals surface area (Å²) in [5, 5.41) is 12.2. The number of hydrogen-bond acceptors (Lipinski definition) is 3. The maximum atomic E-state index is 12.4. The van der Waals surface area contributed by atoms with Crippen molar-refractivity contribution in [2.24, 2.45) is 0 Å². The molecule has 3 rings (SSSR count). The van der Waals surface area contributed by atoms with Gasteiger partial charge in [0.05, 0.1) is 11.0 Å². The molecule has 0 radical (unpaired) electrons. The molecule has 2 aromatic rings. The van der Waals surface area contributed by atoms with Gasteiger partial charge in [0.1, 0.15) is 12.4 Å². The number of rotatable bonds is 4. The number of imidazole rings is 1. The van der Waals surface area contributed by atoms with Crippen molar-refractivity contribution in [2.45, 2.75) is 45.3 Å². The van der Waals surface area contributed by atoms with E-state index in [0.717, 1.165) is 23.9 Å². The summed E-state index contributed by atoms with van der Waals surface area (Å²) in [6.45, 7) is 1.90. The highest BCUT2D eigenvalue weighted by Gasteiger charge is 2.15. The van der Waals surface area contributed by atoms with Gasteiger partial charge in [-0.25, -0.2) is 4.98 Å². The van der Waals surface area contributed by atoms with Crippen molar-refractivity contribution >= 4 is 16.9 Å². The Morgan fingerprint density at radius 2 is 2.32 bits per heavy atom. The Morgan fingerprint density at radius 1 is 1.45 bits per heavy atom. The molecular weight excluding hydrogens is 278 g/mol. The summed E-state index contributed by atoms with van der Waals surface area (Å²) in [5.41, 5.74) is 3.44. The van der Waals surface area contributed by atoms with E-state index >= 15 is 0 Å². The van der Waals surface area contributed by atoms with Gasteiger partial charge in [-0.1, -0.05) is 11.6 Å². The van der Waals surface area contributed by atoms with E-state index in [4.69, 9.17) is 5.11 Å². The summed E-state index contributed by atoms with van der Waals surface area (Å²) in [4.78, 5) is 19.6. The van der Waals surface area contributed by atoms with Gasteiger partial charge < -0.3 is 15.4 Å². The number of carbonyl (C=O) groups is 1. The molecule has 1 aromatic carbocycles. The molecule has 0 fully saturated rings. The van der Waals surface area contributed by atoms with Crippen LogP contribution in [0, 0.1) is 0 Å². The van der Waals surface area contributed by atoms with Crippen molar-refractivity contribution in [1.29, 1.82) is 0 Å². The van der Waals surface area contributed by atoms with Gasteiger partial charge in [-0.2, -0.15) is 0 Å². The predicted octanol–water partition coefficient (Wildman–Crippen LogP) is 2.67. The van der Waals surface area contributed by atoms with E-state index in [2.05, 4.69) is 21.4 Å². The van der Waals surface area contributed by atoms with Crippen LogP contribution < -0.4 is 5.32 Å². The summed E-state index contributed by atoms with van der Waals surface area (Å²) >= 11 is 0. The number of amides is 1. The van der Waals surface area contributed by atoms with Gasteiger partial charge in [0, 0.05) is 11.6 Å². The quantitative estimate of drug-likeness (QED) is 0.760. The zero-order chi connectivity index (χ0) is 15.5. The SMILES string of the molecule is CC(NC(=O)c1ccc2nc(CO)[nH]c2c1)C1=CCCCC1. The average Bonchev–Trinajstić information content (AvgIpc) is 2.97. The van der Waals surface area contributed by atoms with Crippen molar-refractivity contribution < 1.29 is 9.90 Å². The van der Waals surface area contributed by atoms with Crippen LogP contribution in [0.2, 0.25) is 0 Å². The zero-order valence-corrected chi connectivity index (χ0v) is 12.7. The highest BCUT2D eigenvalue weighted by molar-refractivity contribution is 5.97. The predicted molar refractivity (Wildman–Crippen MR) is 85.5 cm³/mol. The Kier molecular flexibility index (Phi) is 4.24. The number of benzene rings is 1. The third-order valence-electron chi connectivity index (χ3n) is 4.17. The van der Waals surface area contributed by atoms with Crippen molar-refractivity contribution in [1.82, 2.24) is 15.3 Å². The molecule has 22 heavy (non-hydrogen) atoms. The Labute approximate surface area is 129 Å². The van der Waals surface area contributed by atoms with Crippen molar-refractivity contribution in [2.75, 3.05) is 0 Å². The molecule has 0 aliphatic heterocycles. The molecular formula is C17H21N3O2. The zero-order valence-electron chi connectivity index (χ0n) is 12.7. The highest BCUT2D eigenvalue weighted by Crippen LogP contribution is 2.20. The number of aliphatic hydroxyl groups is 1. The van der Waals surface area contributed by atoms with Crippen LogP contribution in [0.15, 0.2) is 29.8 Å². The van der Waals surface area contributed by atoms with Gasteiger partial charge >= 0.3 is 0 Å². The fourth-order valence-corrected chi connectivity index (χ4v) is 2.91. The van der Waals surface area contributed by atoms with Crippen molar-refractivity contribution in [3.8, 4) is 0 Å². The van der Waals surface area contributed by atoms with E-state index in [-0.39, 0.29) is 18.6 Å². The highest BCUT2D eigenvalue weighted by atomic mass is 16.3. The molecule has 5 nitrogen and oxygen atoms in total. The number of fused-ring (bicyclic) bond motifs is 1. The first-order valence-electron chi connectivity index (χ1n) is 7.76. The standard InChI is InChI=1S/C17H21N3O2/c1-11(12-5-3-2-4-6-12)18-17(22)13-7-8-14-15(9-13)20-16(10-21)19-14/h5,7-9,11,21H,2-4,6,10H2,1H3,(H,18,22)(H,19,20).